The maximum Gasteiger partial charge on any atom is 0.234 e. The first-order valence-electron chi connectivity index (χ1n) is 8.06. The molecule has 1 aliphatic heterocycles. The molecule has 0 bridgehead atoms. The maximum atomic E-state index is 12.1. The van der Waals surface area contributed by atoms with Gasteiger partial charge in [0.05, 0.1) is 5.75 Å². The SMILES string of the molecule is CCNc1nnc(SCC(=O)Nc2cccc(N3CCCC3=O)c2)s1. The van der Waals surface area contributed by atoms with Gasteiger partial charge in [-0.05, 0) is 31.5 Å². The summed E-state index contributed by atoms with van der Waals surface area (Å²) >= 11 is 2.78. The van der Waals surface area contributed by atoms with E-state index in [9.17, 15) is 9.59 Å². The first-order chi connectivity index (χ1) is 12.2. The summed E-state index contributed by atoms with van der Waals surface area (Å²) in [5, 5.41) is 14.7. The van der Waals surface area contributed by atoms with Crippen molar-refractivity contribution >= 4 is 51.4 Å². The van der Waals surface area contributed by atoms with Crippen LogP contribution < -0.4 is 15.5 Å². The van der Waals surface area contributed by atoms with Gasteiger partial charge in [0.25, 0.3) is 0 Å². The number of carbonyl (C=O) groups is 2. The van der Waals surface area contributed by atoms with Crippen LogP contribution in [0.5, 0.6) is 0 Å². The van der Waals surface area contributed by atoms with Gasteiger partial charge in [0.1, 0.15) is 0 Å². The van der Waals surface area contributed by atoms with Crippen molar-refractivity contribution in [2.45, 2.75) is 24.1 Å². The second-order valence-corrected chi connectivity index (χ2v) is 7.64. The molecule has 9 heteroatoms. The third kappa shape index (κ3) is 4.70. The van der Waals surface area contributed by atoms with Gasteiger partial charge in [-0.3, -0.25) is 9.59 Å². The van der Waals surface area contributed by atoms with Gasteiger partial charge in [0.2, 0.25) is 16.9 Å². The Hall–Kier alpha value is -2.13. The maximum absolute atomic E-state index is 12.1. The Kier molecular flexibility index (Phi) is 5.87. The summed E-state index contributed by atoms with van der Waals surface area (Å²) in [5.41, 5.74) is 1.51. The molecule has 0 spiro atoms. The van der Waals surface area contributed by atoms with Crippen LogP contribution in [-0.4, -0.2) is 40.9 Å². The number of hydrogen-bond donors (Lipinski definition) is 2. The first-order valence-corrected chi connectivity index (χ1v) is 9.86. The Balaban J connectivity index is 1.54. The lowest BCUT2D eigenvalue weighted by Crippen LogP contribution is -2.23. The van der Waals surface area contributed by atoms with Gasteiger partial charge in [-0.2, -0.15) is 0 Å². The van der Waals surface area contributed by atoms with E-state index in [1.54, 1.807) is 4.90 Å². The predicted octanol–water partition coefficient (Wildman–Crippen LogP) is 2.83. The van der Waals surface area contributed by atoms with Crippen molar-refractivity contribution in [2.75, 3.05) is 34.4 Å². The number of rotatable bonds is 7. The number of anilines is 3. The third-order valence-corrected chi connectivity index (χ3v) is 5.59. The minimum atomic E-state index is -0.116. The van der Waals surface area contributed by atoms with Crippen molar-refractivity contribution in [2.24, 2.45) is 0 Å². The highest BCUT2D eigenvalue weighted by atomic mass is 32.2. The zero-order chi connectivity index (χ0) is 17.6. The fourth-order valence-electron chi connectivity index (χ4n) is 2.49. The van der Waals surface area contributed by atoms with Gasteiger partial charge in [-0.15, -0.1) is 10.2 Å². The van der Waals surface area contributed by atoms with Gasteiger partial charge in [0, 0.05) is 30.9 Å². The molecular formula is C16H19N5O2S2. The highest BCUT2D eigenvalue weighted by Crippen LogP contribution is 2.26. The lowest BCUT2D eigenvalue weighted by Gasteiger charge is -2.16. The summed E-state index contributed by atoms with van der Waals surface area (Å²) in [6.07, 6.45) is 1.47. The van der Waals surface area contributed by atoms with Crippen molar-refractivity contribution < 1.29 is 9.59 Å². The van der Waals surface area contributed by atoms with Crippen LogP contribution in [-0.2, 0) is 9.59 Å². The Labute approximate surface area is 154 Å². The molecule has 2 N–H and O–H groups in total. The first kappa shape index (κ1) is 17.7. The van der Waals surface area contributed by atoms with E-state index in [-0.39, 0.29) is 17.6 Å². The molecule has 1 fully saturated rings. The predicted molar refractivity (Wildman–Crippen MR) is 101 cm³/mol. The number of nitrogens with zero attached hydrogens (tertiary/aromatic N) is 3. The number of nitrogens with one attached hydrogen (secondary N) is 2. The number of hydrogen-bond acceptors (Lipinski definition) is 7. The number of carbonyl (C=O) groups excluding carboxylic acids is 2. The monoisotopic (exact) mass is 377 g/mol. The molecule has 1 aromatic carbocycles. The number of benzene rings is 1. The summed E-state index contributed by atoms with van der Waals surface area (Å²) in [6, 6.07) is 7.38. The molecule has 7 nitrogen and oxygen atoms in total. The number of thioether (sulfide) groups is 1. The van der Waals surface area contributed by atoms with Gasteiger partial charge in [-0.1, -0.05) is 29.2 Å². The molecule has 2 heterocycles. The van der Waals surface area contributed by atoms with E-state index in [1.807, 2.05) is 31.2 Å². The Morgan fingerprint density at radius 1 is 1.40 bits per heavy atom. The fraction of sp³-hybridized carbons (Fsp3) is 0.375. The van der Waals surface area contributed by atoms with Crippen molar-refractivity contribution in [1.82, 2.24) is 10.2 Å². The molecule has 1 aliphatic rings. The van der Waals surface area contributed by atoms with Crippen LogP contribution in [0.25, 0.3) is 0 Å². The Morgan fingerprint density at radius 3 is 3.04 bits per heavy atom. The van der Waals surface area contributed by atoms with E-state index < -0.39 is 0 Å². The molecule has 2 aromatic rings. The highest BCUT2D eigenvalue weighted by molar-refractivity contribution is 8.01. The summed E-state index contributed by atoms with van der Waals surface area (Å²) in [4.78, 5) is 25.7. The average molecular weight is 377 g/mol. The summed E-state index contributed by atoms with van der Waals surface area (Å²) in [7, 11) is 0. The third-order valence-electron chi connectivity index (χ3n) is 3.58. The van der Waals surface area contributed by atoms with Crippen LogP contribution in [0.1, 0.15) is 19.8 Å². The lowest BCUT2D eigenvalue weighted by molar-refractivity contribution is -0.117. The smallest absolute Gasteiger partial charge is 0.234 e. The van der Waals surface area contributed by atoms with Crippen LogP contribution in [0.3, 0.4) is 0 Å². The van der Waals surface area contributed by atoms with Crippen LogP contribution in [0.15, 0.2) is 28.6 Å². The topological polar surface area (TPSA) is 87.2 Å². The van der Waals surface area contributed by atoms with E-state index in [0.717, 1.165) is 34.7 Å². The Morgan fingerprint density at radius 2 is 2.28 bits per heavy atom. The van der Waals surface area contributed by atoms with E-state index >= 15 is 0 Å². The van der Waals surface area contributed by atoms with E-state index in [1.165, 1.54) is 23.1 Å². The second-order valence-electron chi connectivity index (χ2n) is 5.44. The normalized spacial score (nSPS) is 14.0. The molecule has 2 amide bonds. The molecule has 0 radical (unpaired) electrons. The number of amides is 2. The standard InChI is InChI=1S/C16H19N5O2S2/c1-2-17-15-19-20-16(25-15)24-10-13(22)18-11-5-3-6-12(9-11)21-8-4-7-14(21)23/h3,5-6,9H,2,4,7-8,10H2,1H3,(H,17,19)(H,18,22). The minimum absolute atomic E-state index is 0.116. The van der Waals surface area contributed by atoms with Crippen molar-refractivity contribution in [3.8, 4) is 0 Å². The molecule has 0 atom stereocenters. The molecule has 0 unspecified atom stereocenters. The molecule has 1 saturated heterocycles. The number of aromatic nitrogens is 2. The average Bonchev–Trinajstić information content (AvgIpc) is 3.22. The quantitative estimate of drug-likeness (QED) is 0.722. The van der Waals surface area contributed by atoms with E-state index in [0.29, 0.717) is 12.1 Å². The highest BCUT2D eigenvalue weighted by Gasteiger charge is 2.21. The largest absolute Gasteiger partial charge is 0.360 e. The zero-order valence-corrected chi connectivity index (χ0v) is 15.5. The van der Waals surface area contributed by atoms with E-state index in [2.05, 4.69) is 20.8 Å². The Bertz CT molecular complexity index is 764. The zero-order valence-electron chi connectivity index (χ0n) is 13.8. The van der Waals surface area contributed by atoms with Gasteiger partial charge in [-0.25, -0.2) is 0 Å². The fourth-order valence-corrected chi connectivity index (χ4v) is 4.11. The van der Waals surface area contributed by atoms with Crippen LogP contribution in [0.2, 0.25) is 0 Å². The van der Waals surface area contributed by atoms with Crippen LogP contribution in [0.4, 0.5) is 16.5 Å². The van der Waals surface area contributed by atoms with Gasteiger partial charge in [0.15, 0.2) is 4.34 Å². The molecule has 0 saturated carbocycles. The van der Waals surface area contributed by atoms with Gasteiger partial charge >= 0.3 is 0 Å². The molecule has 1 aromatic heterocycles. The summed E-state index contributed by atoms with van der Waals surface area (Å²) < 4.78 is 0.752. The van der Waals surface area contributed by atoms with Crippen LogP contribution in [0, 0.1) is 0 Å². The van der Waals surface area contributed by atoms with Crippen molar-refractivity contribution in [3.05, 3.63) is 24.3 Å². The second kappa shape index (κ2) is 8.30. The summed E-state index contributed by atoms with van der Waals surface area (Å²) in [6.45, 7) is 3.51. The minimum Gasteiger partial charge on any atom is -0.360 e. The van der Waals surface area contributed by atoms with E-state index in [4.69, 9.17) is 0 Å². The molecular weight excluding hydrogens is 358 g/mol. The molecule has 25 heavy (non-hydrogen) atoms. The summed E-state index contributed by atoms with van der Waals surface area (Å²) in [5.74, 6) is 0.273. The van der Waals surface area contributed by atoms with Crippen molar-refractivity contribution in [1.29, 1.82) is 0 Å². The van der Waals surface area contributed by atoms with Crippen molar-refractivity contribution in [3.63, 3.8) is 0 Å². The molecule has 0 aliphatic carbocycles. The van der Waals surface area contributed by atoms with Gasteiger partial charge < -0.3 is 15.5 Å². The van der Waals surface area contributed by atoms with Crippen LogP contribution >= 0.6 is 23.1 Å². The molecule has 3 rings (SSSR count). The lowest BCUT2D eigenvalue weighted by atomic mass is 10.2. The molecule has 132 valence electrons.